The zero-order chi connectivity index (χ0) is 18.4. The van der Waals surface area contributed by atoms with Gasteiger partial charge in [-0.15, -0.1) is 0 Å². The highest BCUT2D eigenvalue weighted by Gasteiger charge is 2.59. The summed E-state index contributed by atoms with van der Waals surface area (Å²) in [4.78, 5) is 6.10. The molecule has 1 N–H and O–H groups in total. The lowest BCUT2D eigenvalue weighted by Gasteiger charge is -2.36. The molecule has 0 saturated heterocycles. The van der Waals surface area contributed by atoms with E-state index in [1.54, 1.807) is 0 Å². The van der Waals surface area contributed by atoms with Crippen LogP contribution in [-0.2, 0) is 5.66 Å². The van der Waals surface area contributed by atoms with Crippen molar-refractivity contribution in [1.29, 1.82) is 0 Å². The van der Waals surface area contributed by atoms with E-state index in [9.17, 15) is 26.3 Å². The second kappa shape index (κ2) is 5.96. The lowest BCUT2D eigenvalue weighted by atomic mass is 9.99. The molecule has 0 bridgehead atoms. The van der Waals surface area contributed by atoms with Crippen molar-refractivity contribution in [3.05, 3.63) is 35.9 Å². The van der Waals surface area contributed by atoms with Crippen molar-refractivity contribution in [3.8, 4) is 0 Å². The molecular formula is C12H6Cl3F6N3. The minimum Gasteiger partial charge on any atom is -0.320 e. The summed E-state index contributed by atoms with van der Waals surface area (Å²) in [7, 11) is 0. The largest absolute Gasteiger partial charge is 0.379 e. The molecule has 1 heterocycles. The third-order valence-electron chi connectivity index (χ3n) is 2.89. The highest BCUT2D eigenvalue weighted by atomic mass is 35.5. The summed E-state index contributed by atoms with van der Waals surface area (Å²) >= 11 is 14.5. The summed E-state index contributed by atoms with van der Waals surface area (Å²) in [6.45, 7) is 0. The number of nitrogens with one attached hydrogen (secondary N) is 1. The van der Waals surface area contributed by atoms with Gasteiger partial charge in [0.05, 0.1) is 0 Å². The molecule has 3 nitrogen and oxygen atoms in total. The number of hydrogen-bond donors (Lipinski definition) is 1. The maximum atomic E-state index is 14.0. The van der Waals surface area contributed by atoms with Crippen molar-refractivity contribution in [1.82, 2.24) is 5.32 Å². The fraction of sp³-hybridized carbons (Fsp3) is 0.333. The van der Waals surface area contributed by atoms with E-state index in [-0.39, 0.29) is 0 Å². The van der Waals surface area contributed by atoms with Crippen LogP contribution in [-0.4, -0.2) is 27.8 Å². The number of alkyl halides is 9. The van der Waals surface area contributed by atoms with Crippen LogP contribution in [0.2, 0.25) is 0 Å². The minimum absolute atomic E-state index is 0.525. The minimum atomic E-state index is -4.46. The monoisotopic (exact) mass is 411 g/mol. The molecule has 0 atom stereocenters. The topological polar surface area (TPSA) is 36.8 Å². The van der Waals surface area contributed by atoms with Gasteiger partial charge in [0.2, 0.25) is 0 Å². The van der Waals surface area contributed by atoms with E-state index in [0.29, 0.717) is 0 Å². The van der Waals surface area contributed by atoms with Gasteiger partial charge in [-0.2, -0.15) is 26.3 Å². The number of halogens is 9. The number of aliphatic imine (C=N–C) groups is 2. The number of rotatable bonds is 4. The quantitative estimate of drug-likeness (QED) is 0.563. The molecule has 12 heteroatoms. The Morgan fingerprint density at radius 1 is 0.792 bits per heavy atom. The Morgan fingerprint density at radius 2 is 1.21 bits per heavy atom. The number of amidine groups is 2. The Morgan fingerprint density at radius 3 is 1.54 bits per heavy atom. The van der Waals surface area contributed by atoms with Gasteiger partial charge in [-0.1, -0.05) is 30.3 Å². The Labute approximate surface area is 146 Å². The lowest BCUT2D eigenvalue weighted by Crippen LogP contribution is -2.55. The van der Waals surface area contributed by atoms with E-state index in [1.165, 1.54) is 23.5 Å². The van der Waals surface area contributed by atoms with E-state index in [1.807, 2.05) is 0 Å². The fourth-order valence-corrected chi connectivity index (χ4v) is 2.25. The number of benzene rings is 1. The van der Waals surface area contributed by atoms with Gasteiger partial charge in [0.1, 0.15) is 0 Å². The number of hydrogen-bond acceptors (Lipinski definition) is 3. The molecule has 24 heavy (non-hydrogen) atoms. The first-order valence-corrected chi connectivity index (χ1v) is 7.14. The van der Waals surface area contributed by atoms with Crippen LogP contribution in [0.4, 0.5) is 26.3 Å². The molecular weight excluding hydrogens is 407 g/mol. The molecule has 0 saturated carbocycles. The lowest BCUT2D eigenvalue weighted by molar-refractivity contribution is 0.00716. The molecule has 1 aliphatic heterocycles. The Kier molecular flexibility index (Phi) is 4.75. The molecule has 0 aliphatic carbocycles. The maximum absolute atomic E-state index is 14.0. The summed E-state index contributed by atoms with van der Waals surface area (Å²) in [6, 6.07) is 5.89. The van der Waals surface area contributed by atoms with Gasteiger partial charge >= 0.3 is 16.1 Å². The van der Waals surface area contributed by atoms with Gasteiger partial charge in [0, 0.05) is 5.56 Å². The van der Waals surface area contributed by atoms with Crippen molar-refractivity contribution in [3.63, 3.8) is 0 Å². The normalized spacial score (nSPS) is 18.5. The van der Waals surface area contributed by atoms with Crippen LogP contribution < -0.4 is 5.32 Å². The summed E-state index contributed by atoms with van der Waals surface area (Å²) in [5.41, 5.74) is -3.84. The van der Waals surface area contributed by atoms with Crippen LogP contribution in [0.1, 0.15) is 5.56 Å². The van der Waals surface area contributed by atoms with Gasteiger partial charge in [-0.25, -0.2) is 9.98 Å². The Balaban J connectivity index is 2.81. The molecule has 1 aromatic rings. The zero-order valence-corrected chi connectivity index (χ0v) is 13.5. The molecule has 0 unspecified atom stereocenters. The predicted octanol–water partition coefficient (Wildman–Crippen LogP) is 4.73. The van der Waals surface area contributed by atoms with Gasteiger partial charge in [0.15, 0.2) is 11.7 Å². The first-order valence-electron chi connectivity index (χ1n) is 6.01. The fourth-order valence-electron chi connectivity index (χ4n) is 1.88. The molecule has 2 rings (SSSR count). The second-order valence-corrected chi connectivity index (χ2v) is 6.00. The predicted molar refractivity (Wildman–Crippen MR) is 78.5 cm³/mol. The highest BCUT2D eigenvalue weighted by Crippen LogP contribution is 2.48. The Hall–Kier alpha value is -1.19. The van der Waals surface area contributed by atoms with Gasteiger partial charge in [0.25, 0.3) is 5.66 Å². The summed E-state index contributed by atoms with van der Waals surface area (Å²) < 4.78 is 81.5. The summed E-state index contributed by atoms with van der Waals surface area (Å²) in [6.07, 6.45) is 0. The zero-order valence-electron chi connectivity index (χ0n) is 11.2. The van der Waals surface area contributed by atoms with Crippen LogP contribution in [0.5, 0.6) is 0 Å². The van der Waals surface area contributed by atoms with Crippen LogP contribution >= 0.6 is 34.8 Å². The van der Waals surface area contributed by atoms with E-state index in [4.69, 9.17) is 34.8 Å². The van der Waals surface area contributed by atoms with Crippen molar-refractivity contribution in [2.45, 2.75) is 21.8 Å². The smallest absolute Gasteiger partial charge is 0.320 e. The average molecular weight is 413 g/mol. The van der Waals surface area contributed by atoms with Crippen LogP contribution in [0.3, 0.4) is 0 Å². The van der Waals surface area contributed by atoms with E-state index >= 15 is 0 Å². The SMILES string of the molecule is FC(F)(Cl)C1=NC(c2ccccc2)(C(F)(F)Cl)N=C(C(F)(F)Cl)N1. The molecule has 1 aliphatic rings. The molecule has 0 amide bonds. The van der Waals surface area contributed by atoms with Gasteiger partial charge < -0.3 is 5.32 Å². The van der Waals surface area contributed by atoms with Crippen molar-refractivity contribution >= 4 is 46.5 Å². The van der Waals surface area contributed by atoms with Crippen LogP contribution in [0.25, 0.3) is 0 Å². The first-order chi connectivity index (χ1) is 10.8. The molecule has 0 radical (unpaired) electrons. The third-order valence-corrected chi connectivity index (χ3v) is 3.51. The highest BCUT2D eigenvalue weighted by molar-refractivity contribution is 6.38. The first kappa shape index (κ1) is 19.1. The molecule has 0 spiro atoms. The van der Waals surface area contributed by atoms with E-state index in [2.05, 4.69) is 9.98 Å². The summed E-state index contributed by atoms with van der Waals surface area (Å²) in [5.74, 6) is -3.39. The van der Waals surface area contributed by atoms with Gasteiger partial charge in [-0.3, -0.25) is 0 Å². The van der Waals surface area contributed by atoms with E-state index < -0.39 is 39.0 Å². The molecule has 132 valence electrons. The van der Waals surface area contributed by atoms with E-state index in [0.717, 1.165) is 12.1 Å². The molecule has 0 fully saturated rings. The maximum Gasteiger partial charge on any atom is 0.379 e. The van der Waals surface area contributed by atoms with Crippen molar-refractivity contribution < 1.29 is 26.3 Å². The summed E-state index contributed by atoms with van der Waals surface area (Å²) in [5, 5.41) is -11.9. The van der Waals surface area contributed by atoms with Crippen molar-refractivity contribution in [2.75, 3.05) is 0 Å². The molecule has 1 aromatic carbocycles. The number of nitrogens with zero attached hydrogens (tertiary/aromatic N) is 2. The van der Waals surface area contributed by atoms with Crippen LogP contribution in [0, 0.1) is 0 Å². The van der Waals surface area contributed by atoms with Crippen LogP contribution in [0.15, 0.2) is 40.3 Å². The Bertz CT molecular complexity index is 646. The third kappa shape index (κ3) is 3.57. The van der Waals surface area contributed by atoms with Crippen molar-refractivity contribution in [2.24, 2.45) is 9.98 Å². The molecule has 0 aromatic heterocycles. The standard InChI is InChI=1S/C12H6Cl3F6N3/c13-10(16,17)7-22-8(11(14,18)19)24-9(23-7,12(15,20)21)6-4-2-1-3-5-6/h1-5H,(H,22,23,24). The second-order valence-electron chi connectivity index (χ2n) is 4.58. The average Bonchev–Trinajstić information content (AvgIpc) is 2.44. The van der Waals surface area contributed by atoms with Gasteiger partial charge in [-0.05, 0) is 34.8 Å².